The van der Waals surface area contributed by atoms with E-state index in [0.717, 1.165) is 23.4 Å². The summed E-state index contributed by atoms with van der Waals surface area (Å²) in [6.07, 6.45) is 2.87. The summed E-state index contributed by atoms with van der Waals surface area (Å²) in [5.41, 5.74) is 2.13. The number of aliphatic hydroxyl groups excluding tert-OH is 1. The van der Waals surface area contributed by atoms with Crippen LogP contribution in [0.4, 0.5) is 0 Å². The van der Waals surface area contributed by atoms with E-state index in [1.165, 1.54) is 17.0 Å². The Kier molecular flexibility index (Phi) is 2.50. The Morgan fingerprint density at radius 2 is 2.00 bits per heavy atom. The number of thiazole rings is 1. The second kappa shape index (κ2) is 4.00. The first kappa shape index (κ1) is 10.00. The molecular weight excluding hydrogens is 218 g/mol. The molecule has 1 aromatic heterocycles. The molecule has 0 fully saturated rings. The van der Waals surface area contributed by atoms with Crippen molar-refractivity contribution >= 4 is 11.3 Å². The number of aromatic nitrogens is 1. The molecule has 0 spiro atoms. The molecule has 0 aliphatic heterocycles. The van der Waals surface area contributed by atoms with Crippen molar-refractivity contribution in [2.24, 2.45) is 0 Å². The third-order valence-corrected chi connectivity index (χ3v) is 4.17. The van der Waals surface area contributed by atoms with E-state index in [2.05, 4.69) is 4.98 Å². The third kappa shape index (κ3) is 1.66. The molecule has 0 amide bonds. The molecular formula is C13H13NOS. The van der Waals surface area contributed by atoms with Crippen LogP contribution in [0.5, 0.6) is 0 Å². The zero-order valence-corrected chi connectivity index (χ0v) is 9.70. The van der Waals surface area contributed by atoms with Gasteiger partial charge in [0, 0.05) is 4.88 Å². The maximum Gasteiger partial charge on any atom is 0.131 e. The zero-order chi connectivity index (χ0) is 11.0. The Bertz CT molecular complexity index is 470. The van der Waals surface area contributed by atoms with Gasteiger partial charge in [0.15, 0.2) is 0 Å². The van der Waals surface area contributed by atoms with Crippen LogP contribution in [0.25, 0.3) is 0 Å². The second-order valence-corrected chi connectivity index (χ2v) is 5.20. The van der Waals surface area contributed by atoms with Crippen LogP contribution in [0.15, 0.2) is 30.3 Å². The van der Waals surface area contributed by atoms with Crippen molar-refractivity contribution in [3.05, 3.63) is 51.5 Å². The van der Waals surface area contributed by atoms with Crippen LogP contribution in [-0.2, 0) is 12.8 Å². The summed E-state index contributed by atoms with van der Waals surface area (Å²) in [6.45, 7) is 0. The lowest BCUT2D eigenvalue weighted by molar-refractivity contribution is 0.219. The lowest BCUT2D eigenvalue weighted by Crippen LogP contribution is -1.99. The molecule has 82 valence electrons. The minimum Gasteiger partial charge on any atom is -0.381 e. The van der Waals surface area contributed by atoms with E-state index in [0.29, 0.717) is 0 Å². The number of aryl methyl sites for hydroxylation is 2. The normalized spacial score (nSPS) is 16.1. The van der Waals surface area contributed by atoms with E-state index in [4.69, 9.17) is 0 Å². The highest BCUT2D eigenvalue weighted by Gasteiger charge is 2.21. The fourth-order valence-electron chi connectivity index (χ4n) is 2.11. The molecule has 1 aliphatic rings. The Morgan fingerprint density at radius 3 is 2.75 bits per heavy atom. The molecule has 1 atom stereocenters. The first-order valence-corrected chi connectivity index (χ1v) is 6.38. The van der Waals surface area contributed by atoms with Crippen LogP contribution >= 0.6 is 11.3 Å². The van der Waals surface area contributed by atoms with Crippen LogP contribution in [0.1, 0.15) is 33.7 Å². The fraction of sp³-hybridized carbons (Fsp3) is 0.308. The van der Waals surface area contributed by atoms with E-state index in [9.17, 15) is 5.11 Å². The second-order valence-electron chi connectivity index (χ2n) is 4.09. The average Bonchev–Trinajstić information content (AvgIpc) is 2.89. The molecule has 0 saturated carbocycles. The number of fused-ring (bicyclic) bond motifs is 1. The third-order valence-electron chi connectivity index (χ3n) is 2.96. The van der Waals surface area contributed by atoms with Gasteiger partial charge in [-0.3, -0.25) is 0 Å². The van der Waals surface area contributed by atoms with Gasteiger partial charge in [0.05, 0.1) is 5.69 Å². The SMILES string of the molecule is OC(c1ccccc1)c1nc2c(s1)CCC2. The smallest absolute Gasteiger partial charge is 0.131 e. The minimum atomic E-state index is -0.559. The highest BCUT2D eigenvalue weighted by atomic mass is 32.1. The molecule has 0 saturated heterocycles. The number of hydrogen-bond donors (Lipinski definition) is 1. The van der Waals surface area contributed by atoms with E-state index in [-0.39, 0.29) is 0 Å². The van der Waals surface area contributed by atoms with Crippen molar-refractivity contribution in [3.63, 3.8) is 0 Å². The molecule has 0 radical (unpaired) electrons. The standard InChI is InChI=1S/C13H13NOS/c15-12(9-5-2-1-3-6-9)13-14-10-7-4-8-11(10)16-13/h1-3,5-6,12,15H,4,7-8H2. The van der Waals surface area contributed by atoms with Gasteiger partial charge in [0.1, 0.15) is 11.1 Å². The van der Waals surface area contributed by atoms with Gasteiger partial charge in [-0.1, -0.05) is 30.3 Å². The summed E-state index contributed by atoms with van der Waals surface area (Å²) in [7, 11) is 0. The first-order valence-electron chi connectivity index (χ1n) is 5.56. The lowest BCUT2D eigenvalue weighted by Gasteiger charge is -2.07. The van der Waals surface area contributed by atoms with Crippen LogP contribution in [0.2, 0.25) is 0 Å². The van der Waals surface area contributed by atoms with Crippen molar-refractivity contribution in [3.8, 4) is 0 Å². The molecule has 16 heavy (non-hydrogen) atoms. The van der Waals surface area contributed by atoms with Crippen molar-refractivity contribution in [1.29, 1.82) is 0 Å². The molecule has 0 bridgehead atoms. The highest BCUT2D eigenvalue weighted by Crippen LogP contribution is 2.32. The van der Waals surface area contributed by atoms with Gasteiger partial charge >= 0.3 is 0 Å². The molecule has 1 unspecified atom stereocenters. The number of rotatable bonds is 2. The molecule has 1 aliphatic carbocycles. The Labute approximate surface area is 98.6 Å². The van der Waals surface area contributed by atoms with E-state index < -0.39 is 6.10 Å². The zero-order valence-electron chi connectivity index (χ0n) is 8.89. The van der Waals surface area contributed by atoms with Gasteiger partial charge in [0.25, 0.3) is 0 Å². The maximum absolute atomic E-state index is 10.2. The lowest BCUT2D eigenvalue weighted by atomic mass is 10.1. The Morgan fingerprint density at radius 1 is 1.19 bits per heavy atom. The van der Waals surface area contributed by atoms with Crippen LogP contribution in [-0.4, -0.2) is 10.1 Å². The number of aliphatic hydroxyl groups is 1. The summed E-state index contributed by atoms with van der Waals surface area (Å²) < 4.78 is 0. The van der Waals surface area contributed by atoms with Gasteiger partial charge in [-0.05, 0) is 24.8 Å². The molecule has 1 N–H and O–H groups in total. The number of nitrogens with zero attached hydrogens (tertiary/aromatic N) is 1. The summed E-state index contributed by atoms with van der Waals surface area (Å²) in [6, 6.07) is 9.73. The fourth-order valence-corrected chi connectivity index (χ4v) is 3.27. The minimum absolute atomic E-state index is 0.559. The van der Waals surface area contributed by atoms with Crippen molar-refractivity contribution in [1.82, 2.24) is 4.98 Å². The van der Waals surface area contributed by atoms with Gasteiger partial charge in [-0.2, -0.15) is 0 Å². The van der Waals surface area contributed by atoms with E-state index >= 15 is 0 Å². The largest absolute Gasteiger partial charge is 0.381 e. The Hall–Kier alpha value is -1.19. The van der Waals surface area contributed by atoms with E-state index in [1.54, 1.807) is 11.3 Å². The number of hydrogen-bond acceptors (Lipinski definition) is 3. The summed E-state index contributed by atoms with van der Waals surface area (Å²) in [5.74, 6) is 0. The average molecular weight is 231 g/mol. The van der Waals surface area contributed by atoms with Crippen molar-refractivity contribution in [2.75, 3.05) is 0 Å². The highest BCUT2D eigenvalue weighted by molar-refractivity contribution is 7.11. The van der Waals surface area contributed by atoms with E-state index in [1.807, 2.05) is 30.3 Å². The maximum atomic E-state index is 10.2. The van der Waals surface area contributed by atoms with Crippen LogP contribution in [0, 0.1) is 0 Å². The van der Waals surface area contributed by atoms with Crippen molar-refractivity contribution in [2.45, 2.75) is 25.4 Å². The monoisotopic (exact) mass is 231 g/mol. The summed E-state index contributed by atoms with van der Waals surface area (Å²) in [5, 5.41) is 11.0. The summed E-state index contributed by atoms with van der Waals surface area (Å²) in [4.78, 5) is 5.90. The summed E-state index contributed by atoms with van der Waals surface area (Å²) >= 11 is 1.66. The molecule has 1 aromatic carbocycles. The molecule has 1 heterocycles. The molecule has 3 rings (SSSR count). The predicted molar refractivity (Wildman–Crippen MR) is 64.6 cm³/mol. The van der Waals surface area contributed by atoms with Gasteiger partial charge in [-0.25, -0.2) is 4.98 Å². The number of benzene rings is 1. The predicted octanol–water partition coefficient (Wildman–Crippen LogP) is 2.71. The Balaban J connectivity index is 1.92. The molecule has 3 heteroatoms. The van der Waals surface area contributed by atoms with Crippen LogP contribution in [0.3, 0.4) is 0 Å². The van der Waals surface area contributed by atoms with Crippen LogP contribution < -0.4 is 0 Å². The van der Waals surface area contributed by atoms with Crippen molar-refractivity contribution < 1.29 is 5.11 Å². The topological polar surface area (TPSA) is 33.1 Å². The van der Waals surface area contributed by atoms with Gasteiger partial charge < -0.3 is 5.11 Å². The first-order chi connectivity index (χ1) is 7.84. The molecule has 2 nitrogen and oxygen atoms in total. The quantitative estimate of drug-likeness (QED) is 0.862. The molecule has 2 aromatic rings. The van der Waals surface area contributed by atoms with Gasteiger partial charge in [-0.15, -0.1) is 11.3 Å². The van der Waals surface area contributed by atoms with Gasteiger partial charge in [0.2, 0.25) is 0 Å².